The monoisotopic (exact) mass is 271 g/mol. The largest absolute Gasteiger partial charge is 0.508 e. The van der Waals surface area contributed by atoms with Crippen LogP contribution < -0.4 is 0 Å². The number of benzene rings is 1. The minimum atomic E-state index is -2.93. The van der Waals surface area contributed by atoms with Crippen molar-refractivity contribution in [1.82, 2.24) is 4.90 Å². The first kappa shape index (κ1) is 15.0. The summed E-state index contributed by atoms with van der Waals surface area (Å²) in [5.41, 5.74) is 1.09. The molecule has 0 aliphatic carbocycles. The van der Waals surface area contributed by atoms with Crippen LogP contribution in [0.2, 0.25) is 0 Å². The summed E-state index contributed by atoms with van der Waals surface area (Å²) in [6.07, 6.45) is 2.15. The van der Waals surface area contributed by atoms with Crippen LogP contribution >= 0.6 is 0 Å². The Morgan fingerprint density at radius 1 is 1.28 bits per heavy atom. The van der Waals surface area contributed by atoms with Gasteiger partial charge in [-0.25, -0.2) is 8.42 Å². The van der Waals surface area contributed by atoms with Crippen LogP contribution in [0.15, 0.2) is 24.3 Å². The highest BCUT2D eigenvalue weighted by Gasteiger charge is 2.16. The number of rotatable bonds is 6. The molecule has 0 aromatic heterocycles. The topological polar surface area (TPSA) is 57.6 Å². The highest BCUT2D eigenvalue weighted by atomic mass is 32.2. The summed E-state index contributed by atoms with van der Waals surface area (Å²) < 4.78 is 22.3. The molecule has 0 aliphatic rings. The molecule has 0 fully saturated rings. The van der Waals surface area contributed by atoms with E-state index in [2.05, 4.69) is 6.92 Å². The summed E-state index contributed by atoms with van der Waals surface area (Å²) in [5.74, 6) is 0.408. The molecule has 0 saturated heterocycles. The Morgan fingerprint density at radius 3 is 2.28 bits per heavy atom. The van der Waals surface area contributed by atoms with Gasteiger partial charge in [0, 0.05) is 18.8 Å². The summed E-state index contributed by atoms with van der Waals surface area (Å²) in [5, 5.41) is 9.27. The lowest BCUT2D eigenvalue weighted by molar-refractivity contribution is 0.252. The van der Waals surface area contributed by atoms with Crippen molar-refractivity contribution in [2.45, 2.75) is 19.4 Å². The van der Waals surface area contributed by atoms with Crippen LogP contribution in [0.1, 0.15) is 24.9 Å². The van der Waals surface area contributed by atoms with Gasteiger partial charge in [0.15, 0.2) is 0 Å². The lowest BCUT2D eigenvalue weighted by Gasteiger charge is -2.27. The molecule has 4 nitrogen and oxygen atoms in total. The lowest BCUT2D eigenvalue weighted by Crippen LogP contribution is -2.29. The van der Waals surface area contributed by atoms with Gasteiger partial charge in [-0.3, -0.25) is 4.90 Å². The van der Waals surface area contributed by atoms with Crippen LogP contribution in [-0.2, 0) is 9.84 Å². The number of nitrogens with zero attached hydrogens (tertiary/aromatic N) is 1. The van der Waals surface area contributed by atoms with E-state index >= 15 is 0 Å². The number of phenols is 1. The number of aromatic hydroxyl groups is 1. The summed E-state index contributed by atoms with van der Waals surface area (Å²) >= 11 is 0. The SMILES string of the molecule is CCC(c1ccc(O)cc1)N(C)CCS(C)(=O)=O. The van der Waals surface area contributed by atoms with Crippen molar-refractivity contribution in [3.05, 3.63) is 29.8 Å². The highest BCUT2D eigenvalue weighted by molar-refractivity contribution is 7.90. The first-order valence-electron chi connectivity index (χ1n) is 6.00. The molecule has 1 N–H and O–H groups in total. The molecule has 102 valence electrons. The van der Waals surface area contributed by atoms with Crippen LogP contribution in [0.25, 0.3) is 0 Å². The van der Waals surface area contributed by atoms with Crippen LogP contribution in [0.3, 0.4) is 0 Å². The van der Waals surface area contributed by atoms with Crippen molar-refractivity contribution in [3.8, 4) is 5.75 Å². The second kappa shape index (κ2) is 6.20. The summed E-state index contributed by atoms with van der Waals surface area (Å²) in [6.45, 7) is 2.58. The molecule has 0 spiro atoms. The maximum atomic E-state index is 11.2. The quantitative estimate of drug-likeness (QED) is 0.857. The Morgan fingerprint density at radius 2 is 1.83 bits per heavy atom. The second-order valence-electron chi connectivity index (χ2n) is 4.63. The Labute approximate surface area is 109 Å². The van der Waals surface area contributed by atoms with Gasteiger partial charge in [-0.1, -0.05) is 19.1 Å². The minimum absolute atomic E-state index is 0.165. The zero-order valence-electron chi connectivity index (χ0n) is 11.1. The smallest absolute Gasteiger partial charge is 0.148 e. The van der Waals surface area contributed by atoms with E-state index in [-0.39, 0.29) is 17.5 Å². The van der Waals surface area contributed by atoms with E-state index in [1.165, 1.54) is 6.26 Å². The average molecular weight is 271 g/mol. The van der Waals surface area contributed by atoms with E-state index in [0.29, 0.717) is 6.54 Å². The van der Waals surface area contributed by atoms with E-state index in [4.69, 9.17) is 0 Å². The minimum Gasteiger partial charge on any atom is -0.508 e. The lowest BCUT2D eigenvalue weighted by atomic mass is 10.0. The van der Waals surface area contributed by atoms with Crippen LogP contribution in [0, 0.1) is 0 Å². The molecular weight excluding hydrogens is 250 g/mol. The van der Waals surface area contributed by atoms with Crippen molar-refractivity contribution < 1.29 is 13.5 Å². The molecule has 0 aliphatic heterocycles. The van der Waals surface area contributed by atoms with E-state index in [9.17, 15) is 13.5 Å². The molecule has 1 aromatic rings. The van der Waals surface area contributed by atoms with Crippen molar-refractivity contribution in [2.24, 2.45) is 0 Å². The maximum Gasteiger partial charge on any atom is 0.148 e. The molecular formula is C13H21NO3S. The van der Waals surface area contributed by atoms with Gasteiger partial charge in [0.25, 0.3) is 0 Å². The van der Waals surface area contributed by atoms with E-state index in [1.54, 1.807) is 12.1 Å². The van der Waals surface area contributed by atoms with Gasteiger partial charge in [-0.05, 0) is 31.2 Å². The molecule has 0 saturated carbocycles. The van der Waals surface area contributed by atoms with Crippen LogP contribution in [0.4, 0.5) is 0 Å². The number of hydrogen-bond acceptors (Lipinski definition) is 4. The van der Waals surface area contributed by atoms with E-state index in [1.807, 2.05) is 24.1 Å². The first-order chi connectivity index (χ1) is 8.33. The van der Waals surface area contributed by atoms with Gasteiger partial charge >= 0.3 is 0 Å². The van der Waals surface area contributed by atoms with Gasteiger partial charge in [0.2, 0.25) is 0 Å². The highest BCUT2D eigenvalue weighted by Crippen LogP contribution is 2.24. The molecule has 1 atom stereocenters. The van der Waals surface area contributed by atoms with Gasteiger partial charge < -0.3 is 5.11 Å². The van der Waals surface area contributed by atoms with Gasteiger partial charge in [-0.2, -0.15) is 0 Å². The predicted octanol–water partition coefficient (Wildman–Crippen LogP) is 1.82. The third kappa shape index (κ3) is 4.66. The summed E-state index contributed by atoms with van der Waals surface area (Å²) in [6, 6.07) is 7.23. The molecule has 0 amide bonds. The third-order valence-corrected chi connectivity index (χ3v) is 3.94. The number of hydrogen-bond donors (Lipinski definition) is 1. The normalized spacial score (nSPS) is 13.8. The Kier molecular flexibility index (Phi) is 5.16. The molecule has 0 radical (unpaired) electrons. The van der Waals surface area contributed by atoms with Gasteiger partial charge in [-0.15, -0.1) is 0 Å². The van der Waals surface area contributed by atoms with Crippen molar-refractivity contribution in [1.29, 1.82) is 0 Å². The first-order valence-corrected chi connectivity index (χ1v) is 8.06. The summed E-state index contributed by atoms with van der Waals surface area (Å²) in [7, 11) is -1.01. The zero-order valence-corrected chi connectivity index (χ0v) is 11.9. The van der Waals surface area contributed by atoms with Gasteiger partial charge in [0.1, 0.15) is 15.6 Å². The molecule has 1 rings (SSSR count). The number of phenolic OH excluding ortho intramolecular Hbond substituents is 1. The van der Waals surface area contributed by atoms with E-state index < -0.39 is 9.84 Å². The Balaban J connectivity index is 2.74. The third-order valence-electron chi connectivity index (χ3n) is 3.01. The standard InChI is InChI=1S/C13H21NO3S/c1-4-13(11-5-7-12(15)8-6-11)14(2)9-10-18(3,16)17/h5-8,13,15H,4,9-10H2,1-3H3. The van der Waals surface area contributed by atoms with Gasteiger partial charge in [0.05, 0.1) is 5.75 Å². The molecule has 0 heterocycles. The molecule has 1 unspecified atom stereocenters. The van der Waals surface area contributed by atoms with Crippen LogP contribution in [0.5, 0.6) is 5.75 Å². The zero-order chi connectivity index (χ0) is 13.8. The molecule has 0 bridgehead atoms. The summed E-state index contributed by atoms with van der Waals surface area (Å²) in [4.78, 5) is 2.04. The molecule has 18 heavy (non-hydrogen) atoms. The fraction of sp³-hybridized carbons (Fsp3) is 0.538. The maximum absolute atomic E-state index is 11.2. The fourth-order valence-electron chi connectivity index (χ4n) is 1.96. The fourth-order valence-corrected chi connectivity index (χ4v) is 2.58. The predicted molar refractivity (Wildman–Crippen MR) is 73.5 cm³/mol. The Bertz CT molecular complexity index is 468. The van der Waals surface area contributed by atoms with E-state index in [0.717, 1.165) is 12.0 Å². The molecule has 5 heteroatoms. The number of sulfone groups is 1. The van der Waals surface area contributed by atoms with Crippen LogP contribution in [-0.4, -0.2) is 44.0 Å². The van der Waals surface area contributed by atoms with Crippen molar-refractivity contribution >= 4 is 9.84 Å². The molecule has 1 aromatic carbocycles. The van der Waals surface area contributed by atoms with Crippen molar-refractivity contribution in [2.75, 3.05) is 25.6 Å². The Hall–Kier alpha value is -1.07. The van der Waals surface area contributed by atoms with Crippen molar-refractivity contribution in [3.63, 3.8) is 0 Å². The average Bonchev–Trinajstić information content (AvgIpc) is 2.29. The second-order valence-corrected chi connectivity index (χ2v) is 6.89.